The van der Waals surface area contributed by atoms with E-state index in [0.717, 1.165) is 28.1 Å². The highest BCUT2D eigenvalue weighted by Crippen LogP contribution is 2.32. The molecule has 2 atom stereocenters. The molecule has 0 heterocycles. The van der Waals surface area contributed by atoms with E-state index in [9.17, 15) is 4.79 Å². The van der Waals surface area contributed by atoms with Gasteiger partial charge in [-0.2, -0.15) is 0 Å². The van der Waals surface area contributed by atoms with Crippen molar-refractivity contribution in [2.24, 2.45) is 0 Å². The van der Waals surface area contributed by atoms with Gasteiger partial charge in [0.15, 0.2) is 0 Å². The van der Waals surface area contributed by atoms with Crippen LogP contribution in [-0.4, -0.2) is 19.1 Å². The van der Waals surface area contributed by atoms with Crippen LogP contribution in [0.1, 0.15) is 43.6 Å². The van der Waals surface area contributed by atoms with Crippen molar-refractivity contribution in [1.29, 1.82) is 0 Å². The summed E-state index contributed by atoms with van der Waals surface area (Å²) < 4.78 is 5.60. The largest absolute Gasteiger partial charge is 0.375 e. The van der Waals surface area contributed by atoms with Gasteiger partial charge < -0.3 is 10.1 Å². The summed E-state index contributed by atoms with van der Waals surface area (Å²) in [7, 11) is 1.66. The van der Waals surface area contributed by atoms with Gasteiger partial charge in [-0.15, -0.1) is 0 Å². The number of benzene rings is 1. The zero-order valence-electron chi connectivity index (χ0n) is 12.2. The summed E-state index contributed by atoms with van der Waals surface area (Å²) in [6.07, 6.45) is 0.639. The fraction of sp³-hybridized carbons (Fsp3) is 0.533. The molecular weight excluding hydrogens is 262 g/mol. The number of hydrogen-bond acceptors (Lipinski definition) is 2. The number of carbonyl (C=O) groups excluding carboxylic acids is 1. The van der Waals surface area contributed by atoms with E-state index in [1.54, 1.807) is 7.11 Å². The molecule has 19 heavy (non-hydrogen) atoms. The zero-order valence-corrected chi connectivity index (χ0v) is 13.0. The smallest absolute Gasteiger partial charge is 0.217 e. The molecule has 1 N–H and O–H groups in total. The number of nitrogens with one attached hydrogen (secondary N) is 1. The number of rotatable bonds is 5. The summed E-state index contributed by atoms with van der Waals surface area (Å²) in [6.45, 7) is 7.56. The van der Waals surface area contributed by atoms with Gasteiger partial charge in [0.1, 0.15) is 6.10 Å². The third-order valence-electron chi connectivity index (χ3n) is 3.29. The maximum Gasteiger partial charge on any atom is 0.217 e. The van der Waals surface area contributed by atoms with Crippen molar-refractivity contribution < 1.29 is 9.53 Å². The third-order valence-corrected chi connectivity index (χ3v) is 3.65. The van der Waals surface area contributed by atoms with Gasteiger partial charge >= 0.3 is 0 Å². The zero-order chi connectivity index (χ0) is 14.6. The molecule has 0 bridgehead atoms. The second-order valence-corrected chi connectivity index (χ2v) is 5.16. The number of ether oxygens (including phenoxy) is 1. The molecule has 0 aliphatic rings. The quantitative estimate of drug-likeness (QED) is 0.899. The Morgan fingerprint density at radius 3 is 2.58 bits per heavy atom. The summed E-state index contributed by atoms with van der Waals surface area (Å²) >= 11 is 6.27. The third kappa shape index (κ3) is 3.71. The molecule has 1 aromatic rings. The van der Waals surface area contributed by atoms with Gasteiger partial charge in [0, 0.05) is 19.1 Å². The molecule has 0 radical (unpaired) electrons. The summed E-state index contributed by atoms with van der Waals surface area (Å²) in [6, 6.07) is 3.79. The summed E-state index contributed by atoms with van der Waals surface area (Å²) in [5.74, 6) is -0.0627. The Morgan fingerprint density at radius 1 is 1.47 bits per heavy atom. The average Bonchev–Trinajstić information content (AvgIpc) is 2.33. The first-order valence-corrected chi connectivity index (χ1v) is 6.87. The van der Waals surface area contributed by atoms with E-state index in [0.29, 0.717) is 0 Å². The Kier molecular flexibility index (Phi) is 5.83. The van der Waals surface area contributed by atoms with Crippen molar-refractivity contribution in [2.75, 3.05) is 7.11 Å². The fourth-order valence-corrected chi connectivity index (χ4v) is 2.78. The van der Waals surface area contributed by atoms with Crippen molar-refractivity contribution in [3.8, 4) is 0 Å². The van der Waals surface area contributed by atoms with Crippen LogP contribution < -0.4 is 5.32 Å². The Balaban J connectivity index is 3.24. The van der Waals surface area contributed by atoms with Crippen LogP contribution in [0.5, 0.6) is 0 Å². The van der Waals surface area contributed by atoms with E-state index in [2.05, 4.69) is 12.2 Å². The second kappa shape index (κ2) is 6.92. The molecule has 1 amide bonds. The molecule has 1 rings (SSSR count). The maximum atomic E-state index is 11.2. The standard InChI is InChI=1S/C15H22ClNO2/c1-6-12-13(16)8-7-9(2)14(12)15(19-5)10(3)17-11(4)18/h7-8,10,15H,6H2,1-5H3,(H,17,18). The minimum absolute atomic E-state index is 0.0627. The van der Waals surface area contributed by atoms with Crippen LogP contribution in [0.2, 0.25) is 5.02 Å². The predicted octanol–water partition coefficient (Wildman–Crippen LogP) is 3.42. The molecule has 1 aromatic carbocycles. The number of halogens is 1. The first-order chi connectivity index (χ1) is 8.92. The lowest BCUT2D eigenvalue weighted by Crippen LogP contribution is -2.37. The summed E-state index contributed by atoms with van der Waals surface area (Å²) in [5, 5.41) is 3.63. The minimum atomic E-state index is -0.197. The molecule has 4 heteroatoms. The van der Waals surface area contributed by atoms with Gasteiger partial charge in [-0.3, -0.25) is 4.79 Å². The van der Waals surface area contributed by atoms with Gasteiger partial charge in [0.25, 0.3) is 0 Å². The molecule has 0 aromatic heterocycles. The van der Waals surface area contributed by atoms with Crippen LogP contribution in [0.4, 0.5) is 0 Å². The monoisotopic (exact) mass is 283 g/mol. The Morgan fingerprint density at radius 2 is 2.11 bits per heavy atom. The van der Waals surface area contributed by atoms with Crippen LogP contribution in [0.15, 0.2) is 12.1 Å². The SMILES string of the molecule is CCc1c(Cl)ccc(C)c1C(OC)C(C)NC(C)=O. The van der Waals surface area contributed by atoms with Gasteiger partial charge in [-0.1, -0.05) is 24.6 Å². The van der Waals surface area contributed by atoms with Gasteiger partial charge in [0.2, 0.25) is 5.91 Å². The number of aryl methyl sites for hydroxylation is 1. The predicted molar refractivity (Wildman–Crippen MR) is 78.6 cm³/mol. The summed E-state index contributed by atoms with van der Waals surface area (Å²) in [4.78, 5) is 11.2. The normalized spacial score (nSPS) is 14.0. The van der Waals surface area contributed by atoms with Crippen LogP contribution in [0.25, 0.3) is 0 Å². The molecule has 2 unspecified atom stereocenters. The minimum Gasteiger partial charge on any atom is -0.375 e. The van der Waals surface area contributed by atoms with Crippen LogP contribution >= 0.6 is 11.6 Å². The van der Waals surface area contributed by atoms with Crippen molar-refractivity contribution in [3.63, 3.8) is 0 Å². The van der Waals surface area contributed by atoms with Crippen molar-refractivity contribution in [3.05, 3.63) is 33.8 Å². The number of amides is 1. The van der Waals surface area contributed by atoms with E-state index in [-0.39, 0.29) is 18.1 Å². The van der Waals surface area contributed by atoms with Gasteiger partial charge in [0.05, 0.1) is 6.04 Å². The van der Waals surface area contributed by atoms with Crippen LogP contribution in [-0.2, 0) is 16.0 Å². The van der Waals surface area contributed by atoms with Gasteiger partial charge in [-0.05, 0) is 43.0 Å². The summed E-state index contributed by atoms with van der Waals surface area (Å²) in [5.41, 5.74) is 3.30. The molecule has 106 valence electrons. The first kappa shape index (κ1) is 16.0. The average molecular weight is 284 g/mol. The van der Waals surface area contributed by atoms with Crippen LogP contribution in [0, 0.1) is 6.92 Å². The molecule has 0 spiro atoms. The molecular formula is C15H22ClNO2. The molecule has 0 aliphatic heterocycles. The van der Waals surface area contributed by atoms with E-state index >= 15 is 0 Å². The van der Waals surface area contributed by atoms with E-state index in [1.165, 1.54) is 6.92 Å². The topological polar surface area (TPSA) is 38.3 Å². The van der Waals surface area contributed by atoms with E-state index < -0.39 is 0 Å². The van der Waals surface area contributed by atoms with E-state index in [4.69, 9.17) is 16.3 Å². The number of hydrogen-bond donors (Lipinski definition) is 1. The Hall–Kier alpha value is -1.06. The number of methoxy groups -OCH3 is 1. The second-order valence-electron chi connectivity index (χ2n) is 4.76. The highest BCUT2D eigenvalue weighted by molar-refractivity contribution is 6.31. The number of carbonyl (C=O) groups is 1. The van der Waals surface area contributed by atoms with Crippen molar-refractivity contribution in [1.82, 2.24) is 5.32 Å². The Bertz CT molecular complexity index is 460. The molecule has 0 aliphatic carbocycles. The first-order valence-electron chi connectivity index (χ1n) is 6.50. The van der Waals surface area contributed by atoms with Gasteiger partial charge in [-0.25, -0.2) is 0 Å². The highest BCUT2D eigenvalue weighted by Gasteiger charge is 2.24. The lowest BCUT2D eigenvalue weighted by Gasteiger charge is -2.27. The van der Waals surface area contributed by atoms with Crippen LogP contribution in [0.3, 0.4) is 0 Å². The molecule has 0 fully saturated rings. The maximum absolute atomic E-state index is 11.2. The molecule has 3 nitrogen and oxygen atoms in total. The highest BCUT2D eigenvalue weighted by atomic mass is 35.5. The molecule has 0 saturated carbocycles. The fourth-order valence-electron chi connectivity index (χ4n) is 2.48. The Labute approximate surface area is 120 Å². The molecule has 0 saturated heterocycles. The van der Waals surface area contributed by atoms with Crippen molar-refractivity contribution >= 4 is 17.5 Å². The lowest BCUT2D eigenvalue weighted by atomic mass is 9.92. The lowest BCUT2D eigenvalue weighted by molar-refractivity contribution is -0.120. The van der Waals surface area contributed by atoms with Crippen molar-refractivity contribution in [2.45, 2.75) is 46.3 Å². The van der Waals surface area contributed by atoms with E-state index in [1.807, 2.05) is 26.0 Å².